The van der Waals surface area contributed by atoms with E-state index in [-0.39, 0.29) is 5.78 Å². The first kappa shape index (κ1) is 8.47. The van der Waals surface area contributed by atoms with Crippen LogP contribution < -0.4 is 5.46 Å². The van der Waals surface area contributed by atoms with E-state index in [0.717, 1.165) is 5.56 Å². The van der Waals surface area contributed by atoms with Crippen molar-refractivity contribution in [3.63, 3.8) is 0 Å². The average molecular weight is 176 g/mol. The van der Waals surface area contributed by atoms with Crippen molar-refractivity contribution in [1.82, 2.24) is 0 Å². The molecule has 1 aliphatic rings. The van der Waals surface area contributed by atoms with Gasteiger partial charge in [0.1, 0.15) is 0 Å². The van der Waals surface area contributed by atoms with Crippen LogP contribution in [0.15, 0.2) is 18.2 Å². The monoisotopic (exact) mass is 176 g/mol. The smallest absolute Gasteiger partial charge is 0.423 e. The van der Waals surface area contributed by atoms with Crippen LogP contribution in [0.25, 0.3) is 0 Å². The Balaban J connectivity index is 2.47. The Bertz CT molecular complexity index is 362. The molecule has 1 heterocycles. The Morgan fingerprint density at radius 2 is 2.38 bits per heavy atom. The lowest BCUT2D eigenvalue weighted by molar-refractivity contribution is 0.101. The fourth-order valence-corrected chi connectivity index (χ4v) is 1.43. The van der Waals surface area contributed by atoms with Gasteiger partial charge in [0.25, 0.3) is 0 Å². The molecule has 4 heteroatoms. The van der Waals surface area contributed by atoms with Gasteiger partial charge in [-0.2, -0.15) is 0 Å². The lowest BCUT2D eigenvalue weighted by Crippen LogP contribution is -2.28. The molecule has 66 valence electrons. The standard InChI is InChI=1S/C9H9BO3/c1-6(11)7-2-3-8-5-13-10(12)9(8)4-7/h2-4,12H,5H2,1H3. The number of fused-ring (bicyclic) bond motifs is 1. The highest BCUT2D eigenvalue weighted by Crippen LogP contribution is 2.11. The molecule has 0 bridgehead atoms. The predicted molar refractivity (Wildman–Crippen MR) is 48.8 cm³/mol. The summed E-state index contributed by atoms with van der Waals surface area (Å²) in [4.78, 5) is 11.0. The van der Waals surface area contributed by atoms with Crippen molar-refractivity contribution in [1.29, 1.82) is 0 Å². The second kappa shape index (κ2) is 2.98. The van der Waals surface area contributed by atoms with Gasteiger partial charge in [-0.25, -0.2) is 0 Å². The summed E-state index contributed by atoms with van der Waals surface area (Å²) in [5, 5.41) is 9.35. The molecule has 1 aromatic rings. The molecule has 1 N–H and O–H groups in total. The van der Waals surface area contributed by atoms with E-state index < -0.39 is 7.12 Å². The third-order valence-electron chi connectivity index (χ3n) is 2.22. The van der Waals surface area contributed by atoms with E-state index in [2.05, 4.69) is 0 Å². The maximum atomic E-state index is 11.0. The van der Waals surface area contributed by atoms with Crippen molar-refractivity contribution in [2.45, 2.75) is 13.5 Å². The van der Waals surface area contributed by atoms with Gasteiger partial charge < -0.3 is 9.68 Å². The van der Waals surface area contributed by atoms with Crippen molar-refractivity contribution in [3.8, 4) is 0 Å². The van der Waals surface area contributed by atoms with Crippen LogP contribution in [0.5, 0.6) is 0 Å². The molecular formula is C9H9BO3. The van der Waals surface area contributed by atoms with Gasteiger partial charge in [0.05, 0.1) is 6.61 Å². The van der Waals surface area contributed by atoms with Gasteiger partial charge in [-0.1, -0.05) is 18.2 Å². The van der Waals surface area contributed by atoms with E-state index in [1.54, 1.807) is 12.1 Å². The van der Waals surface area contributed by atoms with E-state index in [1.807, 2.05) is 6.07 Å². The summed E-state index contributed by atoms with van der Waals surface area (Å²) in [5.41, 5.74) is 2.29. The molecule has 0 amide bonds. The minimum atomic E-state index is -0.866. The number of Topliss-reactive ketones (excluding diaryl/α,β-unsaturated/α-hetero) is 1. The average Bonchev–Trinajstić information content (AvgIpc) is 2.47. The number of ketones is 1. The zero-order chi connectivity index (χ0) is 9.42. The highest BCUT2D eigenvalue weighted by Gasteiger charge is 2.27. The lowest BCUT2D eigenvalue weighted by atomic mass is 9.78. The summed E-state index contributed by atoms with van der Waals surface area (Å²) in [6.45, 7) is 1.93. The Labute approximate surface area is 76.5 Å². The number of hydrogen-bond acceptors (Lipinski definition) is 3. The maximum Gasteiger partial charge on any atom is 0.491 e. The SMILES string of the molecule is CC(=O)c1ccc2c(c1)B(O)OC2. The fourth-order valence-electron chi connectivity index (χ4n) is 1.43. The minimum absolute atomic E-state index is 0.00176. The van der Waals surface area contributed by atoms with Crippen LogP contribution in [0.1, 0.15) is 22.8 Å². The summed E-state index contributed by atoms with van der Waals surface area (Å²) in [6, 6.07) is 5.26. The van der Waals surface area contributed by atoms with Crippen molar-refractivity contribution >= 4 is 18.4 Å². The lowest BCUT2D eigenvalue weighted by Gasteiger charge is -2.00. The van der Waals surface area contributed by atoms with Gasteiger partial charge in [0.2, 0.25) is 0 Å². The molecule has 2 rings (SSSR count). The maximum absolute atomic E-state index is 11.0. The Hall–Kier alpha value is -1.13. The number of carbonyl (C=O) groups is 1. The van der Waals surface area contributed by atoms with Crippen LogP contribution in [-0.2, 0) is 11.3 Å². The van der Waals surface area contributed by atoms with Crippen LogP contribution in [0.3, 0.4) is 0 Å². The van der Waals surface area contributed by atoms with E-state index >= 15 is 0 Å². The molecule has 0 saturated carbocycles. The molecule has 0 radical (unpaired) electrons. The molecule has 0 atom stereocenters. The number of hydrogen-bond donors (Lipinski definition) is 1. The summed E-state index contributed by atoms with van der Waals surface area (Å²) in [6.07, 6.45) is 0. The van der Waals surface area contributed by atoms with Gasteiger partial charge in [0, 0.05) is 5.56 Å². The van der Waals surface area contributed by atoms with Gasteiger partial charge in [0.15, 0.2) is 5.78 Å². The van der Waals surface area contributed by atoms with Gasteiger partial charge >= 0.3 is 7.12 Å². The quantitative estimate of drug-likeness (QED) is 0.487. The van der Waals surface area contributed by atoms with Crippen LogP contribution in [0.2, 0.25) is 0 Å². The number of carbonyl (C=O) groups excluding carboxylic acids is 1. The van der Waals surface area contributed by atoms with Crippen molar-refractivity contribution in [3.05, 3.63) is 29.3 Å². The first-order valence-corrected chi connectivity index (χ1v) is 4.12. The Morgan fingerprint density at radius 1 is 1.62 bits per heavy atom. The highest BCUT2D eigenvalue weighted by atomic mass is 16.5. The Morgan fingerprint density at radius 3 is 3.08 bits per heavy atom. The van der Waals surface area contributed by atoms with Crippen LogP contribution in [-0.4, -0.2) is 17.9 Å². The zero-order valence-electron chi connectivity index (χ0n) is 7.28. The molecule has 0 unspecified atom stereocenters. The van der Waals surface area contributed by atoms with Crippen molar-refractivity contribution in [2.75, 3.05) is 0 Å². The molecule has 0 spiro atoms. The largest absolute Gasteiger partial charge is 0.491 e. The summed E-state index contributed by atoms with van der Waals surface area (Å²) in [7, 11) is -0.866. The first-order valence-electron chi connectivity index (χ1n) is 4.12. The van der Waals surface area contributed by atoms with Crippen LogP contribution in [0.4, 0.5) is 0 Å². The minimum Gasteiger partial charge on any atom is -0.423 e. The van der Waals surface area contributed by atoms with Crippen molar-refractivity contribution in [2.24, 2.45) is 0 Å². The van der Waals surface area contributed by atoms with Crippen molar-refractivity contribution < 1.29 is 14.5 Å². The zero-order valence-corrected chi connectivity index (χ0v) is 7.28. The molecule has 1 aliphatic heterocycles. The van der Waals surface area contributed by atoms with Crippen LogP contribution >= 0.6 is 0 Å². The summed E-state index contributed by atoms with van der Waals surface area (Å²) in [5.74, 6) is 0.00176. The molecule has 1 aromatic carbocycles. The summed E-state index contributed by atoms with van der Waals surface area (Å²) < 4.78 is 5.00. The van der Waals surface area contributed by atoms with E-state index in [0.29, 0.717) is 17.6 Å². The van der Waals surface area contributed by atoms with Gasteiger partial charge in [-0.3, -0.25) is 4.79 Å². The van der Waals surface area contributed by atoms with E-state index in [4.69, 9.17) is 4.65 Å². The molecule has 0 aromatic heterocycles. The molecular weight excluding hydrogens is 167 g/mol. The number of rotatable bonds is 1. The van der Waals surface area contributed by atoms with Gasteiger partial charge in [-0.05, 0) is 17.9 Å². The van der Waals surface area contributed by atoms with Crippen LogP contribution in [0, 0.1) is 0 Å². The second-order valence-electron chi connectivity index (χ2n) is 3.13. The van der Waals surface area contributed by atoms with Gasteiger partial charge in [-0.15, -0.1) is 0 Å². The predicted octanol–water partition coefficient (Wildman–Crippen LogP) is 0.107. The topological polar surface area (TPSA) is 46.5 Å². The molecule has 0 saturated heterocycles. The molecule has 13 heavy (non-hydrogen) atoms. The molecule has 3 nitrogen and oxygen atoms in total. The normalized spacial score (nSPS) is 14.5. The highest BCUT2D eigenvalue weighted by molar-refractivity contribution is 6.61. The fraction of sp³-hybridized carbons (Fsp3) is 0.222. The second-order valence-corrected chi connectivity index (χ2v) is 3.13. The summed E-state index contributed by atoms with van der Waals surface area (Å²) >= 11 is 0. The first-order chi connectivity index (χ1) is 6.18. The molecule has 0 aliphatic carbocycles. The Kier molecular flexibility index (Phi) is 1.94. The van der Waals surface area contributed by atoms with E-state index in [9.17, 15) is 9.82 Å². The number of benzene rings is 1. The third kappa shape index (κ3) is 1.38. The van der Waals surface area contributed by atoms with E-state index in [1.165, 1.54) is 6.92 Å². The molecule has 0 fully saturated rings. The third-order valence-corrected chi connectivity index (χ3v) is 2.22.